The molecule has 1 saturated carbocycles. The summed E-state index contributed by atoms with van der Waals surface area (Å²) in [7, 11) is 0. The van der Waals surface area contributed by atoms with Crippen LogP contribution in [0.3, 0.4) is 0 Å². The maximum atomic E-state index is 5.62. The molecule has 1 atom stereocenters. The van der Waals surface area contributed by atoms with Crippen LogP contribution < -0.4 is 0 Å². The molecule has 1 aliphatic rings. The van der Waals surface area contributed by atoms with Crippen molar-refractivity contribution >= 4 is 81.2 Å². The maximum absolute atomic E-state index is 5.62. The molecule has 1 rings (SSSR count). The molecule has 0 amide bonds. The minimum absolute atomic E-state index is 0.222. The largest absolute Gasteiger partial charge is 0.167 e. The van der Waals surface area contributed by atoms with E-state index in [4.69, 9.17) is 81.2 Å². The van der Waals surface area contributed by atoms with Gasteiger partial charge in [0.1, 0.15) is 4.84 Å². The molecular formula is C8H13Cl7. The fraction of sp³-hybridized carbons (Fsp3) is 1.00. The standard InChI is InChI=1S/C4H3Cl5.C2H4Cl2.C2H6/c5-2-1-3(6,7)4(2,8)9;1-2(3)4;1-2/h2H,1H2;2H,1H3;1-2H3. The smallest absolute Gasteiger partial charge is 0.119 e. The van der Waals surface area contributed by atoms with Crippen LogP contribution in [0.4, 0.5) is 0 Å². The molecule has 0 N–H and O–H groups in total. The third-order valence-electron chi connectivity index (χ3n) is 1.32. The number of halogens is 7. The lowest BCUT2D eigenvalue weighted by molar-refractivity contribution is 0.441. The SMILES string of the molecule is CC.CC(Cl)Cl.ClC1CC(Cl)(Cl)C1(Cl)Cl. The van der Waals surface area contributed by atoms with E-state index < -0.39 is 8.67 Å². The summed E-state index contributed by atoms with van der Waals surface area (Å²) in [5.74, 6) is 0. The molecule has 15 heavy (non-hydrogen) atoms. The van der Waals surface area contributed by atoms with Crippen molar-refractivity contribution in [1.82, 2.24) is 0 Å². The van der Waals surface area contributed by atoms with E-state index in [1.165, 1.54) is 0 Å². The maximum Gasteiger partial charge on any atom is 0.167 e. The van der Waals surface area contributed by atoms with Gasteiger partial charge in [0, 0.05) is 6.42 Å². The Balaban J connectivity index is 0. The zero-order valence-electron chi connectivity index (χ0n) is 8.51. The predicted octanol–water partition coefficient (Wildman–Crippen LogP) is 6.18. The Bertz CT molecular complexity index is 164. The summed E-state index contributed by atoms with van der Waals surface area (Å²) < 4.78 is -2.25. The zero-order chi connectivity index (χ0) is 12.9. The molecule has 0 saturated heterocycles. The Hall–Kier alpha value is 2.03. The van der Waals surface area contributed by atoms with Gasteiger partial charge in [-0.3, -0.25) is 0 Å². The first-order valence-corrected chi connectivity index (χ1v) is 7.11. The van der Waals surface area contributed by atoms with E-state index in [2.05, 4.69) is 0 Å². The molecule has 0 nitrogen and oxygen atoms in total. The molecule has 0 heterocycles. The number of alkyl halides is 7. The molecule has 1 unspecified atom stereocenters. The van der Waals surface area contributed by atoms with E-state index in [0.29, 0.717) is 6.42 Å². The molecule has 0 aliphatic heterocycles. The number of hydrogen-bond donors (Lipinski definition) is 0. The summed E-state index contributed by atoms with van der Waals surface area (Å²) in [5, 5.41) is -0.337. The average Bonchev–Trinajstić information content (AvgIpc) is 2.06. The van der Waals surface area contributed by atoms with Crippen LogP contribution in [0.2, 0.25) is 0 Å². The summed E-state index contributed by atoms with van der Waals surface area (Å²) in [5.41, 5.74) is 0. The lowest BCUT2D eigenvalue weighted by Gasteiger charge is -2.46. The van der Waals surface area contributed by atoms with Crippen molar-refractivity contribution in [2.45, 2.75) is 46.1 Å². The van der Waals surface area contributed by atoms with Crippen LogP contribution >= 0.6 is 81.2 Å². The molecule has 0 aromatic heterocycles. The summed E-state index contributed by atoms with van der Waals surface area (Å²) in [6, 6.07) is 0. The fourth-order valence-corrected chi connectivity index (χ4v) is 2.16. The Morgan fingerprint density at radius 2 is 1.33 bits per heavy atom. The second-order valence-corrected chi connectivity index (χ2v) is 7.45. The highest BCUT2D eigenvalue weighted by molar-refractivity contribution is 6.66. The third kappa shape index (κ3) is 6.50. The molecule has 7 heteroatoms. The van der Waals surface area contributed by atoms with Gasteiger partial charge in [-0.2, -0.15) is 0 Å². The van der Waals surface area contributed by atoms with E-state index in [-0.39, 0.29) is 10.2 Å². The first kappa shape index (κ1) is 19.4. The molecule has 1 aliphatic carbocycles. The van der Waals surface area contributed by atoms with Gasteiger partial charge in [0.25, 0.3) is 0 Å². The highest BCUT2D eigenvalue weighted by atomic mass is 35.5. The van der Waals surface area contributed by atoms with Crippen molar-refractivity contribution in [2.75, 3.05) is 0 Å². The summed E-state index contributed by atoms with van der Waals surface area (Å²) in [6.45, 7) is 5.70. The Labute approximate surface area is 126 Å². The number of rotatable bonds is 0. The summed E-state index contributed by atoms with van der Waals surface area (Å²) in [6.07, 6.45) is 0.435. The van der Waals surface area contributed by atoms with Crippen LogP contribution in [0.1, 0.15) is 27.2 Å². The molecule has 0 radical (unpaired) electrons. The van der Waals surface area contributed by atoms with E-state index in [0.717, 1.165) is 0 Å². The van der Waals surface area contributed by atoms with Gasteiger partial charge in [-0.05, 0) is 6.92 Å². The molecule has 94 valence electrons. The first-order valence-electron chi connectivity index (χ1n) is 4.29. The molecule has 0 bridgehead atoms. The van der Waals surface area contributed by atoms with Crippen LogP contribution in [0.5, 0.6) is 0 Å². The van der Waals surface area contributed by atoms with Crippen molar-refractivity contribution in [3.05, 3.63) is 0 Å². The van der Waals surface area contributed by atoms with Crippen molar-refractivity contribution < 1.29 is 0 Å². The van der Waals surface area contributed by atoms with Gasteiger partial charge in [0.2, 0.25) is 0 Å². The van der Waals surface area contributed by atoms with Gasteiger partial charge in [0.15, 0.2) is 8.67 Å². The van der Waals surface area contributed by atoms with E-state index in [1.807, 2.05) is 13.8 Å². The van der Waals surface area contributed by atoms with Gasteiger partial charge in [0.05, 0.1) is 5.38 Å². The molecule has 1 fully saturated rings. The fourth-order valence-electron chi connectivity index (χ4n) is 0.587. The van der Waals surface area contributed by atoms with Crippen LogP contribution in [-0.2, 0) is 0 Å². The van der Waals surface area contributed by atoms with Gasteiger partial charge < -0.3 is 0 Å². The molecular weight excluding hydrogens is 344 g/mol. The third-order valence-corrected chi connectivity index (χ3v) is 4.49. The molecule has 0 aromatic rings. The second kappa shape index (κ2) is 8.19. The highest BCUT2D eigenvalue weighted by Crippen LogP contribution is 2.59. The molecule has 0 aromatic carbocycles. The van der Waals surface area contributed by atoms with Crippen molar-refractivity contribution in [1.29, 1.82) is 0 Å². The first-order chi connectivity index (χ1) is 6.61. The van der Waals surface area contributed by atoms with Gasteiger partial charge in [-0.1, -0.05) is 60.3 Å². The van der Waals surface area contributed by atoms with Crippen LogP contribution in [-0.4, -0.2) is 18.9 Å². The Kier molecular flexibility index (Phi) is 10.6. The molecule has 0 spiro atoms. The zero-order valence-corrected chi connectivity index (χ0v) is 13.8. The van der Waals surface area contributed by atoms with Crippen LogP contribution in [0.25, 0.3) is 0 Å². The van der Waals surface area contributed by atoms with Crippen molar-refractivity contribution in [2.24, 2.45) is 0 Å². The van der Waals surface area contributed by atoms with Gasteiger partial charge >= 0.3 is 0 Å². The second-order valence-electron chi connectivity index (χ2n) is 2.52. The van der Waals surface area contributed by atoms with Crippen LogP contribution in [0, 0.1) is 0 Å². The Morgan fingerprint density at radius 1 is 1.07 bits per heavy atom. The lowest BCUT2D eigenvalue weighted by Crippen LogP contribution is -2.56. The van der Waals surface area contributed by atoms with Crippen LogP contribution in [0.15, 0.2) is 0 Å². The normalized spacial score (nSPS) is 25.4. The van der Waals surface area contributed by atoms with Crippen molar-refractivity contribution in [3.63, 3.8) is 0 Å². The van der Waals surface area contributed by atoms with Crippen molar-refractivity contribution in [3.8, 4) is 0 Å². The highest BCUT2D eigenvalue weighted by Gasteiger charge is 2.62. The minimum atomic E-state index is -1.18. The summed E-state index contributed by atoms with van der Waals surface area (Å²) in [4.78, 5) is -0.222. The Morgan fingerprint density at radius 3 is 1.33 bits per heavy atom. The number of hydrogen-bond acceptors (Lipinski definition) is 0. The van der Waals surface area contributed by atoms with E-state index in [1.54, 1.807) is 6.92 Å². The lowest BCUT2D eigenvalue weighted by atomic mass is 9.96. The monoisotopic (exact) mass is 354 g/mol. The van der Waals surface area contributed by atoms with E-state index >= 15 is 0 Å². The van der Waals surface area contributed by atoms with Gasteiger partial charge in [-0.15, -0.1) is 34.8 Å². The topological polar surface area (TPSA) is 0 Å². The van der Waals surface area contributed by atoms with Gasteiger partial charge in [-0.25, -0.2) is 0 Å². The van der Waals surface area contributed by atoms with E-state index in [9.17, 15) is 0 Å². The predicted molar refractivity (Wildman–Crippen MR) is 75.6 cm³/mol. The minimum Gasteiger partial charge on any atom is -0.119 e. The quantitative estimate of drug-likeness (QED) is 0.454. The summed E-state index contributed by atoms with van der Waals surface area (Å²) >= 11 is 38.1. The average molecular weight is 357 g/mol.